The summed E-state index contributed by atoms with van der Waals surface area (Å²) in [7, 11) is 0. The summed E-state index contributed by atoms with van der Waals surface area (Å²) in [6.07, 6.45) is 0. The van der Waals surface area contributed by atoms with Crippen molar-refractivity contribution in [1.82, 2.24) is 0 Å². The molecule has 0 saturated carbocycles. The van der Waals surface area contributed by atoms with Gasteiger partial charge >= 0.3 is 0 Å². The number of halogens is 1. The maximum Gasteiger partial charge on any atom is 0.0598 e. The van der Waals surface area contributed by atoms with Gasteiger partial charge in [-0.2, -0.15) is 0 Å². The zero-order valence-corrected chi connectivity index (χ0v) is 15.5. The zero-order valence-electron chi connectivity index (χ0n) is 13.9. The minimum atomic E-state index is 0.813. The van der Waals surface area contributed by atoms with Crippen LogP contribution >= 0.6 is 22.9 Å². The van der Waals surface area contributed by atoms with E-state index < -0.39 is 0 Å². The highest BCUT2D eigenvalue weighted by atomic mass is 35.5. The molecule has 124 valence electrons. The van der Waals surface area contributed by atoms with E-state index in [1.54, 1.807) is 11.3 Å². The second kappa shape index (κ2) is 6.28. The van der Waals surface area contributed by atoms with Crippen LogP contribution in [0.1, 0.15) is 0 Å². The van der Waals surface area contributed by atoms with Gasteiger partial charge < -0.3 is 0 Å². The molecule has 0 bridgehead atoms. The van der Waals surface area contributed by atoms with Crippen molar-refractivity contribution in [3.8, 4) is 20.9 Å². The van der Waals surface area contributed by atoms with Crippen molar-refractivity contribution in [1.29, 1.82) is 0 Å². The summed E-state index contributed by atoms with van der Waals surface area (Å²) < 4.78 is 0. The molecule has 5 aromatic rings. The van der Waals surface area contributed by atoms with Crippen molar-refractivity contribution in [2.45, 2.75) is 0 Å². The van der Waals surface area contributed by atoms with E-state index in [9.17, 15) is 0 Å². The average Bonchev–Trinajstić information content (AvgIpc) is 3.09. The van der Waals surface area contributed by atoms with E-state index >= 15 is 0 Å². The molecule has 1 heterocycles. The Hall–Kier alpha value is -2.61. The van der Waals surface area contributed by atoms with Crippen molar-refractivity contribution in [2.24, 2.45) is 0 Å². The van der Waals surface area contributed by atoms with Gasteiger partial charge in [0.25, 0.3) is 0 Å². The fourth-order valence-electron chi connectivity index (χ4n) is 3.38. The third-order valence-corrected chi connectivity index (χ3v) is 6.38. The summed E-state index contributed by atoms with van der Waals surface area (Å²) in [5.41, 5.74) is 2.38. The molecule has 0 saturated heterocycles. The maximum absolute atomic E-state index is 6.61. The van der Waals surface area contributed by atoms with Gasteiger partial charge in [-0.15, -0.1) is 11.3 Å². The molecule has 0 nitrogen and oxygen atoms in total. The first kappa shape index (κ1) is 15.6. The molecule has 5 rings (SSSR count). The fraction of sp³-hybridized carbons (Fsp3) is 0. The molecule has 0 fully saturated rings. The summed E-state index contributed by atoms with van der Waals surface area (Å²) >= 11 is 8.36. The highest BCUT2D eigenvalue weighted by Gasteiger charge is 2.12. The third-order valence-electron chi connectivity index (χ3n) is 4.73. The molecule has 0 N–H and O–H groups in total. The van der Waals surface area contributed by atoms with Crippen LogP contribution in [-0.4, -0.2) is 0 Å². The number of fused-ring (bicyclic) bond motifs is 2. The van der Waals surface area contributed by atoms with E-state index in [2.05, 4.69) is 91.0 Å². The first-order valence-corrected chi connectivity index (χ1v) is 9.75. The summed E-state index contributed by atoms with van der Waals surface area (Å²) in [4.78, 5) is 2.32. The van der Waals surface area contributed by atoms with Crippen molar-refractivity contribution >= 4 is 44.5 Å². The van der Waals surface area contributed by atoms with Gasteiger partial charge in [0.15, 0.2) is 0 Å². The summed E-state index contributed by atoms with van der Waals surface area (Å²) in [5, 5.41) is 5.81. The maximum atomic E-state index is 6.61. The molecule has 0 radical (unpaired) electrons. The Bertz CT molecular complexity index is 1250. The lowest BCUT2D eigenvalue weighted by atomic mass is 10.1. The molecule has 0 aliphatic rings. The molecular formula is C24H15ClS. The predicted octanol–water partition coefficient (Wildman–Crippen LogP) is 8.04. The van der Waals surface area contributed by atoms with E-state index in [4.69, 9.17) is 11.6 Å². The number of hydrogen-bond donors (Lipinski definition) is 0. The van der Waals surface area contributed by atoms with Crippen LogP contribution in [0.25, 0.3) is 42.4 Å². The van der Waals surface area contributed by atoms with Gasteiger partial charge in [0.2, 0.25) is 0 Å². The zero-order chi connectivity index (χ0) is 17.5. The van der Waals surface area contributed by atoms with E-state index in [1.165, 1.54) is 37.5 Å². The van der Waals surface area contributed by atoms with Gasteiger partial charge in [-0.05, 0) is 50.9 Å². The van der Waals surface area contributed by atoms with Gasteiger partial charge in [-0.25, -0.2) is 0 Å². The van der Waals surface area contributed by atoms with Gasteiger partial charge in [0.05, 0.1) is 9.90 Å². The lowest BCUT2D eigenvalue weighted by Crippen LogP contribution is -1.76. The van der Waals surface area contributed by atoms with Crippen LogP contribution in [0.4, 0.5) is 0 Å². The molecule has 26 heavy (non-hydrogen) atoms. The van der Waals surface area contributed by atoms with Gasteiger partial charge in [-0.3, -0.25) is 0 Å². The fourth-order valence-corrected chi connectivity index (χ4v) is 4.82. The highest BCUT2D eigenvalue weighted by molar-refractivity contribution is 7.19. The van der Waals surface area contributed by atoms with E-state index in [0.29, 0.717) is 0 Å². The molecule has 0 aliphatic carbocycles. The van der Waals surface area contributed by atoms with E-state index in [-0.39, 0.29) is 0 Å². The largest absolute Gasteiger partial charge is 0.134 e. The van der Waals surface area contributed by atoms with Crippen LogP contribution in [0.2, 0.25) is 5.02 Å². The predicted molar refractivity (Wildman–Crippen MR) is 115 cm³/mol. The highest BCUT2D eigenvalue weighted by Crippen LogP contribution is 2.42. The van der Waals surface area contributed by atoms with Gasteiger partial charge in [0.1, 0.15) is 0 Å². The number of thiophene rings is 1. The molecule has 0 unspecified atom stereocenters. The summed E-state index contributed by atoms with van der Waals surface area (Å²) in [6, 6.07) is 32.1. The summed E-state index contributed by atoms with van der Waals surface area (Å²) in [6.45, 7) is 0. The van der Waals surface area contributed by atoms with Crippen LogP contribution in [0, 0.1) is 0 Å². The summed E-state index contributed by atoms with van der Waals surface area (Å²) in [5.74, 6) is 0. The number of benzene rings is 4. The molecule has 0 atom stereocenters. The molecular weight excluding hydrogens is 356 g/mol. The minimum absolute atomic E-state index is 0.813. The second-order valence-electron chi connectivity index (χ2n) is 6.41. The van der Waals surface area contributed by atoms with Crippen LogP contribution in [-0.2, 0) is 0 Å². The molecule has 4 aromatic carbocycles. The molecule has 1 aromatic heterocycles. The standard InChI is InChI=1S/C24H15ClS/c25-22-15-23(20-11-9-16-5-1-3-7-18(16)13-20)26-24(22)21-12-10-17-6-2-4-8-19(17)14-21/h1-15H. The average molecular weight is 371 g/mol. The van der Waals surface area contributed by atoms with Crippen LogP contribution in [0.5, 0.6) is 0 Å². The lowest BCUT2D eigenvalue weighted by Gasteiger charge is -2.03. The normalized spacial score (nSPS) is 11.3. The second-order valence-corrected chi connectivity index (χ2v) is 7.87. The smallest absolute Gasteiger partial charge is 0.0598 e. The molecule has 2 heteroatoms. The Morgan fingerprint density at radius 2 is 1.08 bits per heavy atom. The van der Waals surface area contributed by atoms with Crippen LogP contribution in [0.15, 0.2) is 91.0 Å². The number of hydrogen-bond acceptors (Lipinski definition) is 1. The number of rotatable bonds is 2. The Kier molecular flexibility index (Phi) is 3.77. The van der Waals surface area contributed by atoms with E-state index in [1.807, 2.05) is 0 Å². The first-order chi connectivity index (χ1) is 12.8. The van der Waals surface area contributed by atoms with Crippen molar-refractivity contribution in [3.63, 3.8) is 0 Å². The SMILES string of the molecule is Clc1cc(-c2ccc3ccccc3c2)sc1-c1ccc2ccccc2c1. The minimum Gasteiger partial charge on any atom is -0.134 e. The van der Waals surface area contributed by atoms with Crippen LogP contribution in [0.3, 0.4) is 0 Å². The molecule has 0 spiro atoms. The van der Waals surface area contributed by atoms with Gasteiger partial charge in [-0.1, -0.05) is 84.4 Å². The first-order valence-electron chi connectivity index (χ1n) is 8.56. The van der Waals surface area contributed by atoms with Crippen LogP contribution < -0.4 is 0 Å². The van der Waals surface area contributed by atoms with Gasteiger partial charge in [0, 0.05) is 4.88 Å². The van der Waals surface area contributed by atoms with Crippen molar-refractivity contribution < 1.29 is 0 Å². The van der Waals surface area contributed by atoms with E-state index in [0.717, 1.165) is 9.90 Å². The Morgan fingerprint density at radius 1 is 0.538 bits per heavy atom. The Balaban J connectivity index is 1.61. The quantitative estimate of drug-likeness (QED) is 0.295. The lowest BCUT2D eigenvalue weighted by molar-refractivity contribution is 1.73. The Labute approximate surface area is 161 Å². The topological polar surface area (TPSA) is 0 Å². The Morgan fingerprint density at radius 3 is 1.73 bits per heavy atom. The monoisotopic (exact) mass is 370 g/mol. The third kappa shape index (κ3) is 2.70. The molecule has 0 aliphatic heterocycles. The molecule has 0 amide bonds. The van der Waals surface area contributed by atoms with Crippen molar-refractivity contribution in [2.75, 3.05) is 0 Å². The van der Waals surface area contributed by atoms with Crippen molar-refractivity contribution in [3.05, 3.63) is 96.0 Å².